The Bertz CT molecular complexity index is 456. The summed E-state index contributed by atoms with van der Waals surface area (Å²) in [6.07, 6.45) is 7.80. The number of piperazine rings is 1. The fraction of sp³-hybridized carbons (Fsp3) is 0.714. The molecule has 19 heavy (non-hydrogen) atoms. The van der Waals surface area contributed by atoms with Gasteiger partial charge in [0, 0.05) is 45.3 Å². The summed E-state index contributed by atoms with van der Waals surface area (Å²) in [5, 5.41) is 4.14. The second-order valence-electron chi connectivity index (χ2n) is 5.69. The summed E-state index contributed by atoms with van der Waals surface area (Å²) < 4.78 is 1.79. The van der Waals surface area contributed by atoms with Crippen molar-refractivity contribution in [3.05, 3.63) is 18.0 Å². The average molecular weight is 262 g/mol. The Morgan fingerprint density at radius 2 is 2.32 bits per heavy atom. The summed E-state index contributed by atoms with van der Waals surface area (Å²) in [4.78, 5) is 16.8. The van der Waals surface area contributed by atoms with Crippen LogP contribution in [0.25, 0.3) is 0 Å². The van der Waals surface area contributed by atoms with Gasteiger partial charge in [-0.25, -0.2) is 0 Å². The third-order valence-corrected chi connectivity index (χ3v) is 4.33. The quantitative estimate of drug-likeness (QED) is 0.803. The van der Waals surface area contributed by atoms with E-state index in [-0.39, 0.29) is 0 Å². The van der Waals surface area contributed by atoms with Crippen LogP contribution in [0.2, 0.25) is 0 Å². The molecule has 104 valence electrons. The van der Waals surface area contributed by atoms with Crippen molar-refractivity contribution in [2.24, 2.45) is 7.05 Å². The number of hydrogen-bond donors (Lipinski definition) is 0. The predicted octanol–water partition coefficient (Wildman–Crippen LogP) is 0.659. The van der Waals surface area contributed by atoms with E-state index in [1.54, 1.807) is 4.68 Å². The maximum Gasteiger partial charge on any atom is 0.223 e. The number of amides is 1. The maximum absolute atomic E-state index is 12.2. The molecule has 5 nitrogen and oxygen atoms in total. The van der Waals surface area contributed by atoms with Crippen molar-refractivity contribution in [3.8, 4) is 0 Å². The first-order chi connectivity index (χ1) is 9.22. The van der Waals surface area contributed by atoms with Crippen LogP contribution in [0.5, 0.6) is 0 Å². The topological polar surface area (TPSA) is 41.4 Å². The molecular formula is C14H22N4O. The zero-order valence-electron chi connectivity index (χ0n) is 11.6. The zero-order chi connectivity index (χ0) is 13.2. The molecule has 3 heterocycles. The summed E-state index contributed by atoms with van der Waals surface area (Å²) in [5.74, 6) is 0.301. The third-order valence-electron chi connectivity index (χ3n) is 4.33. The Labute approximate surface area is 114 Å². The lowest BCUT2D eigenvalue weighted by Crippen LogP contribution is -2.52. The highest BCUT2D eigenvalue weighted by molar-refractivity contribution is 5.76. The van der Waals surface area contributed by atoms with Gasteiger partial charge < -0.3 is 4.90 Å². The van der Waals surface area contributed by atoms with Gasteiger partial charge in [0.15, 0.2) is 0 Å². The van der Waals surface area contributed by atoms with Crippen molar-refractivity contribution >= 4 is 5.91 Å². The highest BCUT2D eigenvalue weighted by Crippen LogP contribution is 2.21. The van der Waals surface area contributed by atoms with Crippen LogP contribution in [-0.4, -0.2) is 57.7 Å². The number of rotatable bonds is 3. The first-order valence-corrected chi connectivity index (χ1v) is 7.22. The highest BCUT2D eigenvalue weighted by Gasteiger charge is 2.32. The molecule has 0 aromatic carbocycles. The molecule has 0 bridgehead atoms. The molecule has 2 aliphatic heterocycles. The van der Waals surface area contributed by atoms with Crippen molar-refractivity contribution in [2.45, 2.75) is 31.7 Å². The molecule has 1 atom stereocenters. The van der Waals surface area contributed by atoms with Crippen molar-refractivity contribution in [1.29, 1.82) is 0 Å². The minimum atomic E-state index is 0.301. The molecule has 0 aliphatic carbocycles. The largest absolute Gasteiger partial charge is 0.340 e. The molecule has 2 aliphatic rings. The second kappa shape index (κ2) is 5.33. The molecule has 0 spiro atoms. The molecule has 2 fully saturated rings. The fourth-order valence-corrected chi connectivity index (χ4v) is 3.23. The van der Waals surface area contributed by atoms with Gasteiger partial charge in [0.25, 0.3) is 0 Å². The van der Waals surface area contributed by atoms with Crippen molar-refractivity contribution < 1.29 is 4.79 Å². The lowest BCUT2D eigenvalue weighted by atomic mass is 10.1. The van der Waals surface area contributed by atoms with Crippen LogP contribution in [0, 0.1) is 0 Å². The normalized spacial score (nSPS) is 23.6. The lowest BCUT2D eigenvalue weighted by molar-refractivity contribution is -0.133. The first-order valence-electron chi connectivity index (χ1n) is 7.22. The summed E-state index contributed by atoms with van der Waals surface area (Å²) in [5.41, 5.74) is 1.15. The van der Waals surface area contributed by atoms with Gasteiger partial charge in [0.1, 0.15) is 0 Å². The van der Waals surface area contributed by atoms with Crippen molar-refractivity contribution in [1.82, 2.24) is 19.6 Å². The van der Waals surface area contributed by atoms with Gasteiger partial charge in [-0.15, -0.1) is 0 Å². The number of fused-ring (bicyclic) bond motifs is 1. The Morgan fingerprint density at radius 3 is 3.11 bits per heavy atom. The summed E-state index contributed by atoms with van der Waals surface area (Å²) in [7, 11) is 1.91. The Balaban J connectivity index is 1.50. The smallest absolute Gasteiger partial charge is 0.223 e. The van der Waals surface area contributed by atoms with Crippen LogP contribution in [0.1, 0.15) is 24.8 Å². The van der Waals surface area contributed by atoms with E-state index in [0.29, 0.717) is 18.4 Å². The first kappa shape index (κ1) is 12.7. The van der Waals surface area contributed by atoms with E-state index in [9.17, 15) is 4.79 Å². The number of hydrogen-bond acceptors (Lipinski definition) is 3. The summed E-state index contributed by atoms with van der Waals surface area (Å²) in [6.45, 7) is 4.12. The van der Waals surface area contributed by atoms with Crippen LogP contribution < -0.4 is 0 Å². The molecule has 5 heteroatoms. The number of carbonyl (C=O) groups excluding carboxylic acids is 1. The maximum atomic E-state index is 12.2. The van der Waals surface area contributed by atoms with E-state index < -0.39 is 0 Å². The average Bonchev–Trinajstić information content (AvgIpc) is 3.03. The molecule has 0 N–H and O–H groups in total. The van der Waals surface area contributed by atoms with Gasteiger partial charge >= 0.3 is 0 Å². The monoisotopic (exact) mass is 262 g/mol. The number of aromatic nitrogens is 2. The number of carbonyl (C=O) groups is 1. The highest BCUT2D eigenvalue weighted by atomic mass is 16.2. The van der Waals surface area contributed by atoms with Crippen LogP contribution >= 0.6 is 0 Å². The van der Waals surface area contributed by atoms with E-state index >= 15 is 0 Å². The van der Waals surface area contributed by atoms with Crippen LogP contribution in [-0.2, 0) is 18.3 Å². The van der Waals surface area contributed by atoms with E-state index in [4.69, 9.17) is 0 Å². The van der Waals surface area contributed by atoms with Crippen molar-refractivity contribution in [2.75, 3.05) is 26.2 Å². The standard InChI is InChI=1S/C14H22N4O/c1-16-10-12(9-15-16)4-5-14(19)18-8-7-17-6-2-3-13(17)11-18/h9-10,13H,2-8,11H2,1H3/t13-/m0/s1. The molecule has 0 radical (unpaired) electrons. The molecule has 0 unspecified atom stereocenters. The third kappa shape index (κ3) is 2.81. The number of aryl methyl sites for hydroxylation is 2. The minimum absolute atomic E-state index is 0.301. The fourth-order valence-electron chi connectivity index (χ4n) is 3.23. The molecule has 2 saturated heterocycles. The molecule has 0 saturated carbocycles. The summed E-state index contributed by atoms with van der Waals surface area (Å²) >= 11 is 0. The Hall–Kier alpha value is -1.36. The van der Waals surface area contributed by atoms with Crippen molar-refractivity contribution in [3.63, 3.8) is 0 Å². The van der Waals surface area contributed by atoms with E-state index in [1.807, 2.05) is 19.4 Å². The van der Waals surface area contributed by atoms with Gasteiger partial charge in [-0.3, -0.25) is 14.4 Å². The minimum Gasteiger partial charge on any atom is -0.340 e. The van der Waals surface area contributed by atoms with Gasteiger partial charge in [0.05, 0.1) is 6.20 Å². The molecule has 3 rings (SSSR count). The van der Waals surface area contributed by atoms with Gasteiger partial charge in [-0.1, -0.05) is 0 Å². The molecule has 1 aromatic rings. The second-order valence-corrected chi connectivity index (χ2v) is 5.69. The SMILES string of the molecule is Cn1cc(CCC(=O)N2CCN3CCC[C@H]3C2)cn1. The Kier molecular flexibility index (Phi) is 3.55. The molecule has 1 aromatic heterocycles. The zero-order valence-corrected chi connectivity index (χ0v) is 11.6. The predicted molar refractivity (Wildman–Crippen MR) is 72.7 cm³/mol. The van der Waals surface area contributed by atoms with Gasteiger partial charge in [-0.05, 0) is 31.4 Å². The Morgan fingerprint density at radius 1 is 1.42 bits per heavy atom. The van der Waals surface area contributed by atoms with Crippen LogP contribution in [0.3, 0.4) is 0 Å². The molecule has 1 amide bonds. The summed E-state index contributed by atoms with van der Waals surface area (Å²) in [6, 6.07) is 0.621. The van der Waals surface area contributed by atoms with E-state index in [0.717, 1.165) is 31.6 Å². The molecular weight excluding hydrogens is 240 g/mol. The van der Waals surface area contributed by atoms with E-state index in [1.165, 1.54) is 19.4 Å². The van der Waals surface area contributed by atoms with Gasteiger partial charge in [0.2, 0.25) is 5.91 Å². The lowest BCUT2D eigenvalue weighted by Gasteiger charge is -2.37. The van der Waals surface area contributed by atoms with Crippen LogP contribution in [0.15, 0.2) is 12.4 Å². The van der Waals surface area contributed by atoms with Gasteiger partial charge in [-0.2, -0.15) is 5.10 Å². The van der Waals surface area contributed by atoms with E-state index in [2.05, 4.69) is 14.9 Å². The number of nitrogens with zero attached hydrogens (tertiary/aromatic N) is 4. The van der Waals surface area contributed by atoms with Crippen LogP contribution in [0.4, 0.5) is 0 Å².